The van der Waals surface area contributed by atoms with E-state index in [1.165, 1.54) is 95.6 Å². The van der Waals surface area contributed by atoms with Gasteiger partial charge < -0.3 is 4.90 Å². The molecule has 0 amide bonds. The van der Waals surface area contributed by atoms with Gasteiger partial charge in [0.1, 0.15) is 0 Å². The van der Waals surface area contributed by atoms with Crippen molar-refractivity contribution >= 4 is 90.9 Å². The minimum atomic E-state index is -0.109. The normalized spacial score (nSPS) is 13.1. The van der Waals surface area contributed by atoms with E-state index in [1.54, 1.807) is 0 Å². The van der Waals surface area contributed by atoms with Crippen LogP contribution in [0.25, 0.3) is 84.5 Å². The second kappa shape index (κ2) is 12.7. The molecule has 12 rings (SSSR count). The van der Waals surface area contributed by atoms with Crippen LogP contribution in [-0.4, -0.2) is 0 Å². The fourth-order valence-corrected chi connectivity index (χ4v) is 11.9. The highest BCUT2D eigenvalue weighted by Crippen LogP contribution is 2.51. The van der Waals surface area contributed by atoms with Crippen LogP contribution in [0, 0.1) is 0 Å². The molecule has 9 aromatic carbocycles. The predicted octanol–water partition coefficient (Wildman–Crippen LogP) is 16.7. The van der Waals surface area contributed by atoms with Crippen molar-refractivity contribution in [2.75, 3.05) is 4.90 Å². The van der Waals surface area contributed by atoms with Gasteiger partial charge in [-0.3, -0.25) is 0 Å². The fourth-order valence-electron chi connectivity index (χ4n) is 9.63. The van der Waals surface area contributed by atoms with E-state index in [9.17, 15) is 0 Å². The molecule has 1 aliphatic rings. The van der Waals surface area contributed by atoms with E-state index in [2.05, 4.69) is 207 Å². The molecule has 58 heavy (non-hydrogen) atoms. The van der Waals surface area contributed by atoms with Crippen LogP contribution in [0.1, 0.15) is 25.0 Å². The molecule has 0 radical (unpaired) electrons. The summed E-state index contributed by atoms with van der Waals surface area (Å²) >= 11 is 3.75. The van der Waals surface area contributed by atoms with Crippen LogP contribution in [0.15, 0.2) is 188 Å². The molecular weight excluding hydrogens is 739 g/mol. The molecule has 0 spiro atoms. The van der Waals surface area contributed by atoms with Crippen LogP contribution >= 0.6 is 22.7 Å². The van der Waals surface area contributed by atoms with Crippen LogP contribution in [0.2, 0.25) is 0 Å². The predicted molar refractivity (Wildman–Crippen MR) is 253 cm³/mol. The van der Waals surface area contributed by atoms with Crippen molar-refractivity contribution in [3.05, 3.63) is 199 Å². The summed E-state index contributed by atoms with van der Waals surface area (Å²) in [4.78, 5) is 2.45. The highest BCUT2D eigenvalue weighted by atomic mass is 32.1. The largest absolute Gasteiger partial charge is 0.310 e. The summed E-state index contributed by atoms with van der Waals surface area (Å²) in [5.74, 6) is 0. The molecule has 11 aromatic rings. The summed E-state index contributed by atoms with van der Waals surface area (Å²) < 4.78 is 5.31. The number of hydrogen-bond acceptors (Lipinski definition) is 3. The highest BCUT2D eigenvalue weighted by molar-refractivity contribution is 7.26. The maximum absolute atomic E-state index is 2.45. The third kappa shape index (κ3) is 5.07. The lowest BCUT2D eigenvalue weighted by molar-refractivity contribution is 0.660. The van der Waals surface area contributed by atoms with Crippen LogP contribution in [0.3, 0.4) is 0 Å². The van der Waals surface area contributed by atoms with E-state index in [0.29, 0.717) is 0 Å². The summed E-state index contributed by atoms with van der Waals surface area (Å²) in [5, 5.41) is 7.92. The summed E-state index contributed by atoms with van der Waals surface area (Å²) in [6, 6.07) is 70.1. The smallest absolute Gasteiger partial charge is 0.0467 e. The van der Waals surface area contributed by atoms with Crippen LogP contribution in [-0.2, 0) is 5.41 Å². The molecular formula is C55H37NS2. The van der Waals surface area contributed by atoms with E-state index in [1.807, 2.05) is 22.7 Å². The van der Waals surface area contributed by atoms with Gasteiger partial charge in [-0.05, 0) is 116 Å². The first-order valence-electron chi connectivity index (χ1n) is 20.0. The van der Waals surface area contributed by atoms with E-state index in [-0.39, 0.29) is 5.41 Å². The van der Waals surface area contributed by atoms with E-state index in [4.69, 9.17) is 0 Å². The standard InChI is InChI=1S/C55H37NS2/c1-55(2)47-18-6-3-14-42(47)43-29-27-40(33-48(43)55)56(38-25-21-34(22-26-38)36-23-28-45-44-15-4-7-19-49(44)58-52(45)32-36)39-13-9-12-37(31-39)41-17-10-11-35-24-30-51-54(53(35)41)46-16-5-8-20-50(46)57-51/h3-33H,1-2H3. The monoisotopic (exact) mass is 775 g/mol. The first kappa shape index (κ1) is 33.6. The molecule has 1 nitrogen and oxygen atoms in total. The Labute approximate surface area is 345 Å². The Bertz CT molecular complexity index is 3440. The number of anilines is 3. The molecule has 0 bridgehead atoms. The Morgan fingerprint density at radius 1 is 0.362 bits per heavy atom. The zero-order valence-corrected chi connectivity index (χ0v) is 33.8. The number of benzene rings is 9. The van der Waals surface area contributed by atoms with Gasteiger partial charge in [0.15, 0.2) is 0 Å². The topological polar surface area (TPSA) is 3.24 Å². The quantitative estimate of drug-likeness (QED) is 0.168. The second-order valence-corrected chi connectivity index (χ2v) is 18.3. The lowest BCUT2D eigenvalue weighted by atomic mass is 9.82. The number of fused-ring (bicyclic) bond motifs is 11. The van der Waals surface area contributed by atoms with Crippen LogP contribution in [0.4, 0.5) is 17.1 Å². The molecule has 2 aromatic heterocycles. The Hall–Kier alpha value is -6.52. The van der Waals surface area contributed by atoms with Gasteiger partial charge in [0, 0.05) is 62.8 Å². The van der Waals surface area contributed by atoms with Crippen molar-refractivity contribution in [2.45, 2.75) is 19.3 Å². The van der Waals surface area contributed by atoms with Crippen molar-refractivity contribution in [3.8, 4) is 33.4 Å². The first-order valence-corrected chi connectivity index (χ1v) is 21.6. The number of nitrogens with zero attached hydrogens (tertiary/aromatic N) is 1. The van der Waals surface area contributed by atoms with Crippen molar-refractivity contribution < 1.29 is 0 Å². The number of rotatable bonds is 5. The Kier molecular flexibility index (Phi) is 7.38. The minimum absolute atomic E-state index is 0.109. The van der Waals surface area contributed by atoms with Gasteiger partial charge in [-0.25, -0.2) is 0 Å². The van der Waals surface area contributed by atoms with Gasteiger partial charge in [0.05, 0.1) is 0 Å². The average Bonchev–Trinajstić information content (AvgIpc) is 3.91. The van der Waals surface area contributed by atoms with Crippen molar-refractivity contribution in [1.82, 2.24) is 0 Å². The molecule has 1 aliphatic carbocycles. The van der Waals surface area contributed by atoms with Gasteiger partial charge in [-0.2, -0.15) is 0 Å². The number of hydrogen-bond donors (Lipinski definition) is 0. The first-order chi connectivity index (χ1) is 28.5. The molecule has 0 fully saturated rings. The molecule has 0 aliphatic heterocycles. The molecule has 274 valence electrons. The van der Waals surface area contributed by atoms with Gasteiger partial charge >= 0.3 is 0 Å². The third-order valence-corrected chi connectivity index (χ3v) is 14.7. The highest BCUT2D eigenvalue weighted by Gasteiger charge is 2.35. The van der Waals surface area contributed by atoms with Gasteiger partial charge in [-0.1, -0.05) is 141 Å². The molecule has 2 heterocycles. The average molecular weight is 776 g/mol. The van der Waals surface area contributed by atoms with E-state index in [0.717, 1.165) is 17.1 Å². The molecule has 0 saturated carbocycles. The lowest BCUT2D eigenvalue weighted by Gasteiger charge is -2.28. The minimum Gasteiger partial charge on any atom is -0.310 e. The van der Waals surface area contributed by atoms with Crippen molar-refractivity contribution in [2.24, 2.45) is 0 Å². The molecule has 3 heteroatoms. The van der Waals surface area contributed by atoms with Gasteiger partial charge in [0.2, 0.25) is 0 Å². The van der Waals surface area contributed by atoms with Gasteiger partial charge in [-0.15, -0.1) is 22.7 Å². The van der Waals surface area contributed by atoms with Crippen molar-refractivity contribution in [3.63, 3.8) is 0 Å². The second-order valence-electron chi connectivity index (χ2n) is 16.1. The molecule has 0 saturated heterocycles. The Morgan fingerprint density at radius 3 is 1.90 bits per heavy atom. The third-order valence-electron chi connectivity index (χ3n) is 12.5. The lowest BCUT2D eigenvalue weighted by Crippen LogP contribution is -2.16. The molecule has 0 atom stereocenters. The summed E-state index contributed by atoms with van der Waals surface area (Å²) in [6.07, 6.45) is 0. The summed E-state index contributed by atoms with van der Waals surface area (Å²) in [7, 11) is 0. The van der Waals surface area contributed by atoms with Crippen molar-refractivity contribution in [1.29, 1.82) is 0 Å². The summed E-state index contributed by atoms with van der Waals surface area (Å²) in [6.45, 7) is 4.73. The van der Waals surface area contributed by atoms with E-state index < -0.39 is 0 Å². The molecule has 0 unspecified atom stereocenters. The Morgan fingerprint density at radius 2 is 1.02 bits per heavy atom. The maximum atomic E-state index is 2.45. The maximum Gasteiger partial charge on any atom is 0.0467 e. The summed E-state index contributed by atoms with van der Waals surface area (Å²) in [5.41, 5.74) is 13.6. The Balaban J connectivity index is 1.02. The zero-order valence-electron chi connectivity index (χ0n) is 32.2. The van der Waals surface area contributed by atoms with E-state index >= 15 is 0 Å². The SMILES string of the molecule is CC1(C)c2ccccc2-c2ccc(N(c3ccc(-c4ccc5c(c4)sc4ccccc45)cc3)c3cccc(-c4cccc5ccc6sc7ccccc7c6c45)c3)cc21. The van der Waals surface area contributed by atoms with Gasteiger partial charge in [0.25, 0.3) is 0 Å². The molecule has 0 N–H and O–H groups in total. The fraction of sp³-hybridized carbons (Fsp3) is 0.0545. The zero-order chi connectivity index (χ0) is 38.5. The van der Waals surface area contributed by atoms with Crippen LogP contribution < -0.4 is 4.90 Å². The van der Waals surface area contributed by atoms with Crippen LogP contribution in [0.5, 0.6) is 0 Å². The number of thiophene rings is 2.